The fourth-order valence-electron chi connectivity index (χ4n) is 2.79. The van der Waals surface area contributed by atoms with Crippen molar-refractivity contribution in [3.8, 4) is 0 Å². The van der Waals surface area contributed by atoms with Gasteiger partial charge in [-0.15, -0.1) is 0 Å². The third-order valence-electron chi connectivity index (χ3n) is 4.84. The summed E-state index contributed by atoms with van der Waals surface area (Å²) in [6, 6.07) is 0. The first-order chi connectivity index (χ1) is 9.20. The van der Waals surface area contributed by atoms with Gasteiger partial charge < -0.3 is 5.32 Å². The Bertz CT molecular complexity index is 305. The summed E-state index contributed by atoms with van der Waals surface area (Å²) in [4.78, 5) is 2.26. The van der Waals surface area contributed by atoms with Crippen LogP contribution >= 0.6 is 11.8 Å². The normalized spacial score (nSPS) is 27.8. The van der Waals surface area contributed by atoms with Crippen LogP contribution in [0.2, 0.25) is 0 Å². The van der Waals surface area contributed by atoms with Gasteiger partial charge in [0, 0.05) is 36.5 Å². The van der Waals surface area contributed by atoms with Crippen LogP contribution in [0.3, 0.4) is 0 Å². The molecule has 0 radical (unpaired) electrons. The predicted molar refractivity (Wildman–Crippen MR) is 80.1 cm³/mol. The van der Waals surface area contributed by atoms with E-state index in [-0.39, 0.29) is 28.6 Å². The lowest BCUT2D eigenvalue weighted by Crippen LogP contribution is -2.68. The Hall–Kier alpha value is 0.0600. The number of piperazine rings is 1. The minimum absolute atomic E-state index is 0.0417. The lowest BCUT2D eigenvalue weighted by atomic mass is 9.83. The number of rotatable bonds is 6. The quantitative estimate of drug-likeness (QED) is 0.801. The van der Waals surface area contributed by atoms with Crippen molar-refractivity contribution in [2.24, 2.45) is 0 Å². The van der Waals surface area contributed by atoms with Gasteiger partial charge in [-0.05, 0) is 37.9 Å². The molecule has 1 fully saturated rings. The lowest BCUT2D eigenvalue weighted by molar-refractivity contribution is -0.0334. The van der Waals surface area contributed by atoms with E-state index in [1.165, 1.54) is 0 Å². The highest BCUT2D eigenvalue weighted by Gasteiger charge is 2.42. The van der Waals surface area contributed by atoms with Crippen molar-refractivity contribution >= 4 is 11.8 Å². The zero-order valence-electron chi connectivity index (χ0n) is 12.9. The van der Waals surface area contributed by atoms with E-state index in [0.29, 0.717) is 6.54 Å². The van der Waals surface area contributed by atoms with Gasteiger partial charge in [-0.1, -0.05) is 20.8 Å². The van der Waals surface area contributed by atoms with Crippen molar-refractivity contribution in [1.82, 2.24) is 10.2 Å². The zero-order chi connectivity index (χ0) is 15.4. The zero-order valence-corrected chi connectivity index (χ0v) is 13.8. The maximum absolute atomic E-state index is 12.3. The van der Waals surface area contributed by atoms with Gasteiger partial charge in [0.15, 0.2) is 0 Å². The van der Waals surface area contributed by atoms with Crippen molar-refractivity contribution in [2.75, 3.05) is 25.4 Å². The van der Waals surface area contributed by atoms with Crippen LogP contribution in [0.15, 0.2) is 0 Å². The van der Waals surface area contributed by atoms with Gasteiger partial charge in [0.25, 0.3) is 0 Å². The third kappa shape index (κ3) is 4.53. The van der Waals surface area contributed by atoms with E-state index in [1.54, 1.807) is 0 Å². The lowest BCUT2D eigenvalue weighted by Gasteiger charge is -2.53. The summed E-state index contributed by atoms with van der Waals surface area (Å²) in [5.74, 6) is 0.114. The molecule has 0 saturated carbocycles. The van der Waals surface area contributed by atoms with Crippen LogP contribution in [0.4, 0.5) is 13.2 Å². The van der Waals surface area contributed by atoms with Crippen LogP contribution in [-0.2, 0) is 0 Å². The molecule has 1 saturated heterocycles. The molecule has 0 bridgehead atoms. The largest absolute Gasteiger partial charge is 0.441 e. The molecule has 0 aromatic rings. The molecule has 0 amide bonds. The Kier molecular flexibility index (Phi) is 6.23. The number of nitrogens with zero attached hydrogens (tertiary/aromatic N) is 1. The average molecular weight is 312 g/mol. The van der Waals surface area contributed by atoms with E-state index in [0.717, 1.165) is 32.4 Å². The second kappa shape index (κ2) is 6.88. The molecule has 0 aromatic carbocycles. The van der Waals surface area contributed by atoms with Crippen LogP contribution in [0.5, 0.6) is 0 Å². The van der Waals surface area contributed by atoms with Gasteiger partial charge in [0.1, 0.15) is 0 Å². The maximum Gasteiger partial charge on any atom is 0.441 e. The average Bonchev–Trinajstić information content (AvgIpc) is 2.40. The minimum atomic E-state index is -4.12. The summed E-state index contributed by atoms with van der Waals surface area (Å²) < 4.78 is 36.9. The van der Waals surface area contributed by atoms with E-state index in [4.69, 9.17) is 0 Å². The number of hydrogen-bond donors (Lipinski definition) is 1. The van der Waals surface area contributed by atoms with Gasteiger partial charge in [0.05, 0.1) is 0 Å². The van der Waals surface area contributed by atoms with Crippen LogP contribution < -0.4 is 5.32 Å². The fourth-order valence-corrected chi connectivity index (χ4v) is 3.34. The molecule has 0 aliphatic carbocycles. The molecule has 1 aliphatic heterocycles. The van der Waals surface area contributed by atoms with Crippen LogP contribution in [-0.4, -0.2) is 46.9 Å². The summed E-state index contributed by atoms with van der Waals surface area (Å²) in [7, 11) is 0. The number of hydrogen-bond acceptors (Lipinski definition) is 3. The minimum Gasteiger partial charge on any atom is -0.308 e. The first kappa shape index (κ1) is 18.1. The molecule has 1 rings (SSSR count). The standard InChI is InChI=1S/C14H27F3N2S/c1-5-12(4)10-18-13(6-2,7-3)11-19(12)8-9-20-14(15,16)17/h18H,5-11H2,1-4H3. The summed E-state index contributed by atoms with van der Waals surface area (Å²) in [5.41, 5.74) is -4.11. The molecule has 1 unspecified atom stereocenters. The monoisotopic (exact) mass is 312 g/mol. The summed E-state index contributed by atoms with van der Waals surface area (Å²) in [6.07, 6.45) is 2.96. The van der Waals surface area contributed by atoms with Crippen molar-refractivity contribution in [3.05, 3.63) is 0 Å². The smallest absolute Gasteiger partial charge is 0.308 e. The molecule has 6 heteroatoms. The van der Waals surface area contributed by atoms with Crippen molar-refractivity contribution in [1.29, 1.82) is 0 Å². The first-order valence-electron chi connectivity index (χ1n) is 7.41. The van der Waals surface area contributed by atoms with Crippen LogP contribution in [0.25, 0.3) is 0 Å². The van der Waals surface area contributed by atoms with Crippen molar-refractivity contribution in [3.63, 3.8) is 0 Å². The molecule has 0 spiro atoms. The fraction of sp³-hybridized carbons (Fsp3) is 1.00. The molecular weight excluding hydrogens is 285 g/mol. The summed E-state index contributed by atoms with van der Waals surface area (Å²) >= 11 is 0.0917. The molecule has 1 aliphatic rings. The highest BCUT2D eigenvalue weighted by molar-refractivity contribution is 8.00. The summed E-state index contributed by atoms with van der Waals surface area (Å²) in [6.45, 7) is 10.7. The Labute approximate surface area is 124 Å². The van der Waals surface area contributed by atoms with E-state index in [9.17, 15) is 13.2 Å². The summed E-state index contributed by atoms with van der Waals surface area (Å²) in [5, 5.41) is 3.64. The Morgan fingerprint density at radius 3 is 2.20 bits per heavy atom. The van der Waals surface area contributed by atoms with E-state index >= 15 is 0 Å². The predicted octanol–water partition coefficient (Wildman–Crippen LogP) is 3.87. The van der Waals surface area contributed by atoms with Crippen molar-refractivity contribution in [2.45, 2.75) is 63.5 Å². The number of halogens is 3. The van der Waals surface area contributed by atoms with Gasteiger partial charge in [-0.2, -0.15) is 13.2 Å². The molecule has 0 aromatic heterocycles. The molecule has 1 atom stereocenters. The second-order valence-corrected chi connectivity index (χ2v) is 7.07. The molecule has 20 heavy (non-hydrogen) atoms. The molecule has 1 heterocycles. The Morgan fingerprint density at radius 1 is 1.15 bits per heavy atom. The van der Waals surface area contributed by atoms with E-state index in [1.807, 2.05) is 0 Å². The van der Waals surface area contributed by atoms with E-state index < -0.39 is 5.51 Å². The van der Waals surface area contributed by atoms with Crippen molar-refractivity contribution < 1.29 is 13.2 Å². The van der Waals surface area contributed by atoms with Crippen LogP contribution in [0.1, 0.15) is 47.0 Å². The highest BCUT2D eigenvalue weighted by Crippen LogP contribution is 2.33. The first-order valence-corrected chi connectivity index (χ1v) is 8.39. The molecular formula is C14H27F3N2S. The second-order valence-electron chi connectivity index (χ2n) is 5.91. The Balaban J connectivity index is 2.69. The highest BCUT2D eigenvalue weighted by atomic mass is 32.2. The molecule has 1 N–H and O–H groups in total. The Morgan fingerprint density at radius 2 is 1.75 bits per heavy atom. The molecule has 2 nitrogen and oxygen atoms in total. The van der Waals surface area contributed by atoms with Gasteiger partial charge in [-0.3, -0.25) is 4.90 Å². The number of nitrogens with one attached hydrogen (secondary N) is 1. The van der Waals surface area contributed by atoms with Gasteiger partial charge >= 0.3 is 5.51 Å². The number of thioether (sulfide) groups is 1. The maximum atomic E-state index is 12.3. The topological polar surface area (TPSA) is 15.3 Å². The van der Waals surface area contributed by atoms with Gasteiger partial charge in [0.2, 0.25) is 0 Å². The third-order valence-corrected chi connectivity index (χ3v) is 5.56. The number of alkyl halides is 3. The van der Waals surface area contributed by atoms with E-state index in [2.05, 4.69) is 37.9 Å². The molecule has 120 valence electrons. The SMILES string of the molecule is CCC1(CC)CN(CCSC(F)(F)F)C(C)(CC)CN1. The van der Waals surface area contributed by atoms with Crippen LogP contribution in [0, 0.1) is 0 Å². The van der Waals surface area contributed by atoms with Gasteiger partial charge in [-0.25, -0.2) is 0 Å².